The predicted octanol–water partition coefficient (Wildman–Crippen LogP) is 4.70. The molecule has 0 fully saturated rings. The molecule has 0 spiro atoms. The minimum Gasteiger partial charge on any atom is -0.462 e. The predicted molar refractivity (Wildman–Crippen MR) is 145 cm³/mol. The molecule has 218 valence electrons. The van der Waals surface area contributed by atoms with Crippen LogP contribution in [0.15, 0.2) is 48.6 Å². The van der Waals surface area contributed by atoms with E-state index in [-0.39, 0.29) is 19.4 Å². The number of unbranched alkanes of at least 4 members (excludes halogenated alkanes) is 1. The zero-order valence-corrected chi connectivity index (χ0v) is 23.5. The molecule has 0 rings (SSSR count). The molecule has 0 amide bonds. The summed E-state index contributed by atoms with van der Waals surface area (Å²) in [6.07, 6.45) is 19.6. The van der Waals surface area contributed by atoms with Crippen LogP contribution in [-0.4, -0.2) is 65.7 Å². The van der Waals surface area contributed by atoms with Crippen LogP contribution in [0.25, 0.3) is 0 Å². The van der Waals surface area contributed by atoms with Gasteiger partial charge in [0.2, 0.25) is 0 Å². The van der Waals surface area contributed by atoms with E-state index in [1.165, 1.54) is 0 Å². The van der Waals surface area contributed by atoms with Crippen molar-refractivity contribution in [3.63, 3.8) is 0 Å². The normalized spacial score (nSPS) is 15.4. The van der Waals surface area contributed by atoms with Crippen molar-refractivity contribution in [1.29, 1.82) is 0 Å². The van der Waals surface area contributed by atoms with Gasteiger partial charge in [0.05, 0.1) is 19.8 Å². The highest BCUT2D eigenvalue weighted by atomic mass is 31.2. The first kappa shape index (κ1) is 35.9. The second-order valence-electron chi connectivity index (χ2n) is 8.33. The summed E-state index contributed by atoms with van der Waals surface area (Å²) in [5.41, 5.74) is 0. The molecule has 0 aliphatic carbocycles. The third-order valence-corrected chi connectivity index (χ3v) is 5.71. The second kappa shape index (κ2) is 24.0. The fraction of sp³-hybridized carbons (Fsp3) is 0.630. The third-order valence-electron chi connectivity index (χ3n) is 4.76. The first-order valence-electron chi connectivity index (χ1n) is 13.1. The monoisotopic (exact) mass is 560 g/mol. The van der Waals surface area contributed by atoms with E-state index in [9.17, 15) is 24.2 Å². The first-order valence-corrected chi connectivity index (χ1v) is 14.6. The Balaban J connectivity index is 4.54. The Kier molecular flexibility index (Phi) is 22.7. The van der Waals surface area contributed by atoms with Crippen LogP contribution < -0.4 is 0 Å². The Morgan fingerprint density at radius 1 is 0.816 bits per heavy atom. The van der Waals surface area contributed by atoms with Crippen molar-refractivity contribution in [2.24, 2.45) is 0 Å². The largest absolute Gasteiger partial charge is 0.472 e. The van der Waals surface area contributed by atoms with Gasteiger partial charge in [0.1, 0.15) is 12.7 Å². The second-order valence-corrected chi connectivity index (χ2v) is 9.79. The molecule has 0 bridgehead atoms. The van der Waals surface area contributed by atoms with Gasteiger partial charge in [-0.05, 0) is 38.5 Å². The topological polar surface area (TPSA) is 149 Å². The van der Waals surface area contributed by atoms with Gasteiger partial charge in [-0.25, -0.2) is 4.57 Å². The van der Waals surface area contributed by atoms with Crippen LogP contribution in [0.2, 0.25) is 0 Å². The molecule has 0 aromatic rings. The van der Waals surface area contributed by atoms with E-state index >= 15 is 0 Å². The number of carbonyl (C=O) groups is 2. The molecule has 0 aromatic carbocycles. The lowest BCUT2D eigenvalue weighted by Gasteiger charge is -2.20. The van der Waals surface area contributed by atoms with Crippen molar-refractivity contribution in [1.82, 2.24) is 0 Å². The van der Waals surface area contributed by atoms with E-state index in [1.807, 2.05) is 25.2 Å². The lowest BCUT2D eigenvalue weighted by molar-refractivity contribution is -0.161. The van der Waals surface area contributed by atoms with Crippen molar-refractivity contribution in [3.05, 3.63) is 48.6 Å². The molecule has 0 aromatic heterocycles. The zero-order valence-electron chi connectivity index (χ0n) is 22.6. The van der Waals surface area contributed by atoms with Gasteiger partial charge in [-0.3, -0.25) is 18.6 Å². The number of ether oxygens (including phenoxy) is 2. The molecule has 3 atom stereocenters. The highest BCUT2D eigenvalue weighted by Crippen LogP contribution is 2.43. The number of esters is 2. The SMILES string of the molecule is CC/C=C\C/C=C\C/C=C\C/C=C\CCC(=O)OC(COC(=O)CCCC)COP(=O)(O)OCC(O)CO. The molecular formula is C27H45O10P. The molecule has 38 heavy (non-hydrogen) atoms. The fourth-order valence-corrected chi connectivity index (χ4v) is 3.48. The number of hydrogen-bond donors (Lipinski definition) is 3. The van der Waals surface area contributed by atoms with E-state index in [0.717, 1.165) is 32.1 Å². The number of rotatable bonds is 23. The molecule has 0 saturated carbocycles. The molecule has 0 heterocycles. The summed E-state index contributed by atoms with van der Waals surface area (Å²) >= 11 is 0. The lowest BCUT2D eigenvalue weighted by Crippen LogP contribution is -2.29. The van der Waals surface area contributed by atoms with E-state index in [0.29, 0.717) is 12.8 Å². The fourth-order valence-electron chi connectivity index (χ4n) is 2.69. The van der Waals surface area contributed by atoms with Gasteiger partial charge in [0.15, 0.2) is 6.10 Å². The smallest absolute Gasteiger partial charge is 0.462 e. The summed E-state index contributed by atoms with van der Waals surface area (Å²) in [6.45, 7) is 1.82. The van der Waals surface area contributed by atoms with Crippen LogP contribution in [0.5, 0.6) is 0 Å². The van der Waals surface area contributed by atoms with Crippen molar-refractivity contribution in [2.75, 3.05) is 26.4 Å². The van der Waals surface area contributed by atoms with E-state index < -0.39 is 51.8 Å². The van der Waals surface area contributed by atoms with Gasteiger partial charge in [-0.2, -0.15) is 0 Å². The Morgan fingerprint density at radius 3 is 1.97 bits per heavy atom. The van der Waals surface area contributed by atoms with Gasteiger partial charge < -0.3 is 24.6 Å². The Hall–Kier alpha value is -2.07. The summed E-state index contributed by atoms with van der Waals surface area (Å²) in [5, 5.41) is 18.0. The molecule has 3 N–H and O–H groups in total. The maximum absolute atomic E-state index is 12.2. The number of aliphatic hydroxyl groups excluding tert-OH is 2. The summed E-state index contributed by atoms with van der Waals surface area (Å²) in [4.78, 5) is 33.8. The molecule has 0 aliphatic rings. The van der Waals surface area contributed by atoms with Crippen LogP contribution in [0.1, 0.15) is 71.6 Å². The summed E-state index contributed by atoms with van der Waals surface area (Å²) in [7, 11) is -4.60. The summed E-state index contributed by atoms with van der Waals surface area (Å²) < 4.78 is 31.7. The highest BCUT2D eigenvalue weighted by molar-refractivity contribution is 7.47. The van der Waals surface area contributed by atoms with E-state index in [2.05, 4.69) is 41.8 Å². The molecule has 11 heteroatoms. The molecule has 10 nitrogen and oxygen atoms in total. The standard InChI is InChI=1S/C27H45O10P/c1-3-5-7-8-9-10-11-12-13-14-15-16-17-19-27(31)37-25(22-34-26(30)18-6-4-2)23-36-38(32,33)35-21-24(29)20-28/h5,7,9-10,12-13,15-16,24-25,28-29H,3-4,6,8,11,14,17-23H2,1-2H3,(H,32,33)/b7-5-,10-9-,13-12-,16-15-. The van der Waals surface area contributed by atoms with Crippen molar-refractivity contribution in [2.45, 2.75) is 83.8 Å². The van der Waals surface area contributed by atoms with Crippen LogP contribution in [0, 0.1) is 0 Å². The lowest BCUT2D eigenvalue weighted by atomic mass is 10.2. The number of phosphoric ester groups is 1. The Bertz CT molecular complexity index is 791. The van der Waals surface area contributed by atoms with Crippen LogP contribution in [0.3, 0.4) is 0 Å². The maximum Gasteiger partial charge on any atom is 0.472 e. The van der Waals surface area contributed by atoms with E-state index in [1.54, 1.807) is 0 Å². The van der Waals surface area contributed by atoms with Gasteiger partial charge in [-0.15, -0.1) is 0 Å². The summed E-state index contributed by atoms with van der Waals surface area (Å²) in [5.74, 6) is -1.07. The number of hydrogen-bond acceptors (Lipinski definition) is 9. The number of carbonyl (C=O) groups excluding carboxylic acids is 2. The van der Waals surface area contributed by atoms with E-state index in [4.69, 9.17) is 19.1 Å². The van der Waals surface area contributed by atoms with Crippen molar-refractivity contribution in [3.8, 4) is 0 Å². The number of aliphatic hydroxyl groups is 2. The zero-order chi connectivity index (χ0) is 28.5. The van der Waals surface area contributed by atoms with Crippen LogP contribution in [-0.2, 0) is 32.7 Å². The van der Waals surface area contributed by atoms with Gasteiger partial charge in [0, 0.05) is 12.8 Å². The molecular weight excluding hydrogens is 515 g/mol. The molecule has 3 unspecified atom stereocenters. The highest BCUT2D eigenvalue weighted by Gasteiger charge is 2.27. The van der Waals surface area contributed by atoms with Crippen molar-refractivity contribution < 1.29 is 47.8 Å². The van der Waals surface area contributed by atoms with Crippen LogP contribution >= 0.6 is 7.82 Å². The third kappa shape index (κ3) is 23.1. The van der Waals surface area contributed by atoms with Crippen LogP contribution in [0.4, 0.5) is 0 Å². The van der Waals surface area contributed by atoms with Gasteiger partial charge >= 0.3 is 19.8 Å². The van der Waals surface area contributed by atoms with Gasteiger partial charge in [0.25, 0.3) is 0 Å². The van der Waals surface area contributed by atoms with Gasteiger partial charge in [-0.1, -0.05) is 68.9 Å². The average molecular weight is 561 g/mol. The number of allylic oxidation sites excluding steroid dienone is 8. The quantitative estimate of drug-likeness (QED) is 0.0912. The molecule has 0 radical (unpaired) electrons. The minimum atomic E-state index is -4.60. The number of phosphoric acid groups is 1. The average Bonchev–Trinajstić information content (AvgIpc) is 2.90. The Morgan fingerprint density at radius 2 is 1.39 bits per heavy atom. The summed E-state index contributed by atoms with van der Waals surface area (Å²) in [6, 6.07) is 0. The Labute approximate surface area is 226 Å². The van der Waals surface area contributed by atoms with Crippen molar-refractivity contribution >= 4 is 19.8 Å². The minimum absolute atomic E-state index is 0.0600. The molecule has 0 saturated heterocycles. The maximum atomic E-state index is 12.2. The molecule has 0 aliphatic heterocycles. The first-order chi connectivity index (χ1) is 18.2.